The van der Waals surface area contributed by atoms with E-state index in [2.05, 4.69) is 0 Å². The highest BCUT2D eigenvalue weighted by Gasteiger charge is 2.47. The van der Waals surface area contributed by atoms with Crippen molar-refractivity contribution in [2.24, 2.45) is 0 Å². The predicted molar refractivity (Wildman–Crippen MR) is 76.4 cm³/mol. The molecule has 1 saturated heterocycles. The number of hydrogen-bond acceptors (Lipinski definition) is 4. The third-order valence-electron chi connectivity index (χ3n) is 3.17. The highest BCUT2D eigenvalue weighted by Crippen LogP contribution is 2.39. The summed E-state index contributed by atoms with van der Waals surface area (Å²) in [7, 11) is 0. The topological polar surface area (TPSA) is 66.8 Å². The van der Waals surface area contributed by atoms with E-state index < -0.39 is 23.0 Å². The van der Waals surface area contributed by atoms with Crippen LogP contribution in [0.3, 0.4) is 0 Å². The number of carboxylic acid groups (broad SMARTS) is 1. The standard InChI is InChI=1S/C14H17NO4S/c1-14(2)15(11(9-20-14)12(16)17)13(18)19-8-10-6-4-3-5-7-10/h3-7,11H,8-9H2,1-2H3,(H,16,17). The van der Waals surface area contributed by atoms with E-state index in [0.717, 1.165) is 5.56 Å². The van der Waals surface area contributed by atoms with Crippen molar-refractivity contribution in [3.63, 3.8) is 0 Å². The van der Waals surface area contributed by atoms with Gasteiger partial charge in [-0.3, -0.25) is 4.90 Å². The van der Waals surface area contributed by atoms with Crippen LogP contribution >= 0.6 is 11.8 Å². The molecule has 2 rings (SSSR count). The summed E-state index contributed by atoms with van der Waals surface area (Å²) < 4.78 is 5.24. The molecule has 0 bridgehead atoms. The van der Waals surface area contributed by atoms with Gasteiger partial charge in [0.05, 0.1) is 4.87 Å². The van der Waals surface area contributed by atoms with Gasteiger partial charge in [0.2, 0.25) is 0 Å². The van der Waals surface area contributed by atoms with Gasteiger partial charge in [0, 0.05) is 5.75 Å². The largest absolute Gasteiger partial charge is 0.480 e. The number of thioether (sulfide) groups is 1. The van der Waals surface area contributed by atoms with Crippen LogP contribution < -0.4 is 0 Å². The number of carbonyl (C=O) groups is 2. The predicted octanol–water partition coefficient (Wildman–Crippen LogP) is 2.56. The average Bonchev–Trinajstić information content (AvgIpc) is 2.73. The second-order valence-corrected chi connectivity index (χ2v) is 6.64. The lowest BCUT2D eigenvalue weighted by molar-refractivity contribution is -0.142. The molecule has 1 aromatic carbocycles. The molecule has 1 heterocycles. The Kier molecular flexibility index (Phi) is 4.23. The molecule has 0 saturated carbocycles. The maximum atomic E-state index is 12.2. The van der Waals surface area contributed by atoms with Crippen LogP contribution in [0.15, 0.2) is 30.3 Å². The summed E-state index contributed by atoms with van der Waals surface area (Å²) in [6.45, 7) is 3.79. The first-order valence-corrected chi connectivity index (χ1v) is 7.27. The minimum absolute atomic E-state index is 0.142. The van der Waals surface area contributed by atoms with Crippen molar-refractivity contribution in [2.75, 3.05) is 5.75 Å². The van der Waals surface area contributed by atoms with E-state index in [1.54, 1.807) is 0 Å². The van der Waals surface area contributed by atoms with Crippen LogP contribution in [0.25, 0.3) is 0 Å². The minimum atomic E-state index is -1.00. The Hall–Kier alpha value is -1.69. The fourth-order valence-electron chi connectivity index (χ4n) is 2.12. The smallest absolute Gasteiger partial charge is 0.411 e. The Morgan fingerprint density at radius 3 is 2.65 bits per heavy atom. The lowest BCUT2D eigenvalue weighted by Crippen LogP contribution is -2.49. The third kappa shape index (κ3) is 3.07. The van der Waals surface area contributed by atoms with Gasteiger partial charge >= 0.3 is 12.1 Å². The molecule has 0 aliphatic carbocycles. The van der Waals surface area contributed by atoms with E-state index in [1.807, 2.05) is 44.2 Å². The Balaban J connectivity index is 2.04. The van der Waals surface area contributed by atoms with Gasteiger partial charge in [-0.15, -0.1) is 11.8 Å². The summed E-state index contributed by atoms with van der Waals surface area (Å²) >= 11 is 1.44. The molecular weight excluding hydrogens is 278 g/mol. The number of amides is 1. The molecule has 5 nitrogen and oxygen atoms in total. The van der Waals surface area contributed by atoms with Gasteiger partial charge in [-0.05, 0) is 19.4 Å². The monoisotopic (exact) mass is 295 g/mol. The van der Waals surface area contributed by atoms with Crippen molar-refractivity contribution in [1.82, 2.24) is 4.90 Å². The maximum absolute atomic E-state index is 12.2. The van der Waals surface area contributed by atoms with Crippen LogP contribution in [0, 0.1) is 0 Å². The summed E-state index contributed by atoms with van der Waals surface area (Å²) in [5, 5.41) is 9.19. The quantitative estimate of drug-likeness (QED) is 0.928. The first-order valence-electron chi connectivity index (χ1n) is 6.28. The number of rotatable bonds is 3. The van der Waals surface area contributed by atoms with Crippen molar-refractivity contribution in [1.29, 1.82) is 0 Å². The molecule has 20 heavy (non-hydrogen) atoms. The van der Waals surface area contributed by atoms with E-state index in [4.69, 9.17) is 4.74 Å². The van der Waals surface area contributed by atoms with Crippen LogP contribution in [0.4, 0.5) is 4.79 Å². The maximum Gasteiger partial charge on any atom is 0.411 e. The third-order valence-corrected chi connectivity index (χ3v) is 4.56. The molecule has 0 radical (unpaired) electrons. The normalized spacial score (nSPS) is 20.7. The van der Waals surface area contributed by atoms with Crippen LogP contribution in [-0.4, -0.2) is 38.7 Å². The zero-order valence-corrected chi connectivity index (χ0v) is 12.2. The summed E-state index contributed by atoms with van der Waals surface area (Å²) in [4.78, 5) is 24.1. The van der Waals surface area contributed by atoms with Crippen LogP contribution in [0.1, 0.15) is 19.4 Å². The van der Waals surface area contributed by atoms with E-state index >= 15 is 0 Å². The Morgan fingerprint density at radius 1 is 1.40 bits per heavy atom. The number of nitrogens with zero attached hydrogens (tertiary/aromatic N) is 1. The van der Waals surface area contributed by atoms with Gasteiger partial charge in [0.1, 0.15) is 12.6 Å². The summed E-state index contributed by atoms with van der Waals surface area (Å²) in [6.07, 6.45) is -0.587. The van der Waals surface area contributed by atoms with E-state index in [1.165, 1.54) is 16.7 Å². The molecule has 0 aromatic heterocycles. The second-order valence-electron chi connectivity index (χ2n) is 5.02. The lowest BCUT2D eigenvalue weighted by Gasteiger charge is -2.32. The average molecular weight is 295 g/mol. The highest BCUT2D eigenvalue weighted by atomic mass is 32.2. The number of aliphatic carboxylic acids is 1. The van der Waals surface area contributed by atoms with Crippen molar-refractivity contribution in [3.05, 3.63) is 35.9 Å². The SMILES string of the molecule is CC1(C)SCC(C(=O)O)N1C(=O)OCc1ccccc1. The van der Waals surface area contributed by atoms with Gasteiger partial charge < -0.3 is 9.84 Å². The van der Waals surface area contributed by atoms with E-state index in [9.17, 15) is 14.7 Å². The molecule has 1 unspecified atom stereocenters. The van der Waals surface area contributed by atoms with Gasteiger partial charge in [-0.2, -0.15) is 0 Å². The van der Waals surface area contributed by atoms with Gasteiger partial charge in [0.25, 0.3) is 0 Å². The number of carbonyl (C=O) groups excluding carboxylic acids is 1. The van der Waals surface area contributed by atoms with E-state index in [-0.39, 0.29) is 6.61 Å². The molecule has 1 amide bonds. The molecular formula is C14H17NO4S. The number of ether oxygens (including phenoxy) is 1. The molecule has 108 valence electrons. The summed E-state index contributed by atoms with van der Waals surface area (Å²) in [6, 6.07) is 8.47. The lowest BCUT2D eigenvalue weighted by atomic mass is 10.2. The van der Waals surface area contributed by atoms with Crippen LogP contribution in [0.2, 0.25) is 0 Å². The van der Waals surface area contributed by atoms with Crippen molar-refractivity contribution in [3.8, 4) is 0 Å². The molecule has 6 heteroatoms. The number of carboxylic acids is 1. The van der Waals surface area contributed by atoms with Gasteiger partial charge in [-0.1, -0.05) is 30.3 Å². The zero-order valence-electron chi connectivity index (χ0n) is 11.4. The van der Waals surface area contributed by atoms with Crippen LogP contribution in [-0.2, 0) is 16.1 Å². The number of hydrogen-bond donors (Lipinski definition) is 1. The van der Waals surface area contributed by atoms with E-state index in [0.29, 0.717) is 5.75 Å². The molecule has 1 aliphatic heterocycles. The molecule has 0 spiro atoms. The van der Waals surface area contributed by atoms with Crippen molar-refractivity contribution in [2.45, 2.75) is 31.4 Å². The molecule has 1 N–H and O–H groups in total. The zero-order chi connectivity index (χ0) is 14.8. The Morgan fingerprint density at radius 2 is 2.05 bits per heavy atom. The minimum Gasteiger partial charge on any atom is -0.480 e. The molecule has 1 fully saturated rings. The first kappa shape index (κ1) is 14.7. The van der Waals surface area contributed by atoms with Crippen molar-refractivity contribution >= 4 is 23.8 Å². The Labute approximate surface area is 121 Å². The summed E-state index contributed by atoms with van der Waals surface area (Å²) in [5.74, 6) is -0.622. The first-order chi connectivity index (χ1) is 9.42. The number of benzene rings is 1. The Bertz CT molecular complexity index is 503. The fraction of sp³-hybridized carbons (Fsp3) is 0.429. The molecule has 1 atom stereocenters. The van der Waals surface area contributed by atoms with Crippen LogP contribution in [0.5, 0.6) is 0 Å². The molecule has 1 aliphatic rings. The molecule has 1 aromatic rings. The summed E-state index contributed by atoms with van der Waals surface area (Å²) in [5.41, 5.74) is 0.873. The van der Waals surface area contributed by atoms with Gasteiger partial charge in [0.15, 0.2) is 0 Å². The second kappa shape index (κ2) is 5.75. The fourth-order valence-corrected chi connectivity index (χ4v) is 3.32. The van der Waals surface area contributed by atoms with Crippen molar-refractivity contribution < 1.29 is 19.4 Å². The highest BCUT2D eigenvalue weighted by molar-refractivity contribution is 8.00. The van der Waals surface area contributed by atoms with Gasteiger partial charge in [-0.25, -0.2) is 9.59 Å².